The standard InChI is InChI=1S/C22H37N3O4S/c1-4-6-7-12-24(19(3)9-5-2)18-22(26)23-20-10-8-11-21(17-20)30(27,28)25-13-15-29-16-14-25/h8,10-11,17,19H,4-7,9,12-16,18H2,1-3H3,(H,23,26). The van der Waals surface area contributed by atoms with Gasteiger partial charge in [0.25, 0.3) is 0 Å². The molecule has 1 fully saturated rings. The average molecular weight is 440 g/mol. The van der Waals surface area contributed by atoms with Crippen molar-refractivity contribution in [2.75, 3.05) is 44.7 Å². The van der Waals surface area contributed by atoms with Crippen molar-refractivity contribution >= 4 is 21.6 Å². The van der Waals surface area contributed by atoms with Gasteiger partial charge in [0, 0.05) is 24.8 Å². The number of nitrogens with one attached hydrogen (secondary N) is 1. The van der Waals surface area contributed by atoms with Crippen molar-refractivity contribution in [3.8, 4) is 0 Å². The normalized spacial score (nSPS) is 16.5. The van der Waals surface area contributed by atoms with Crippen molar-refractivity contribution in [2.45, 2.75) is 63.8 Å². The van der Waals surface area contributed by atoms with Gasteiger partial charge in [-0.05, 0) is 44.5 Å². The van der Waals surface area contributed by atoms with Crippen molar-refractivity contribution in [2.24, 2.45) is 0 Å². The van der Waals surface area contributed by atoms with Crippen LogP contribution in [0.2, 0.25) is 0 Å². The Morgan fingerprint density at radius 2 is 1.93 bits per heavy atom. The monoisotopic (exact) mass is 439 g/mol. The Morgan fingerprint density at radius 1 is 1.20 bits per heavy atom. The van der Waals surface area contributed by atoms with Crippen LogP contribution >= 0.6 is 0 Å². The summed E-state index contributed by atoms with van der Waals surface area (Å²) in [5.41, 5.74) is 0.506. The summed E-state index contributed by atoms with van der Waals surface area (Å²) in [6, 6.07) is 6.85. The van der Waals surface area contributed by atoms with Gasteiger partial charge in [-0.2, -0.15) is 4.31 Å². The smallest absolute Gasteiger partial charge is 0.243 e. The number of hydrogen-bond donors (Lipinski definition) is 1. The zero-order valence-corrected chi connectivity index (χ0v) is 19.4. The molecule has 1 N–H and O–H groups in total. The molecule has 170 valence electrons. The number of ether oxygens (including phenoxy) is 1. The van der Waals surface area contributed by atoms with E-state index in [9.17, 15) is 13.2 Å². The van der Waals surface area contributed by atoms with E-state index >= 15 is 0 Å². The summed E-state index contributed by atoms with van der Waals surface area (Å²) < 4.78 is 32.4. The Kier molecular flexibility index (Phi) is 10.2. The maximum absolute atomic E-state index is 12.9. The molecule has 30 heavy (non-hydrogen) atoms. The predicted molar refractivity (Wildman–Crippen MR) is 120 cm³/mol. The third kappa shape index (κ3) is 7.34. The number of carbonyl (C=O) groups excluding carboxylic acids is 1. The largest absolute Gasteiger partial charge is 0.379 e. The van der Waals surface area contributed by atoms with Gasteiger partial charge in [-0.3, -0.25) is 9.69 Å². The Bertz CT molecular complexity index is 763. The molecule has 1 aliphatic rings. The number of unbranched alkanes of at least 4 members (excludes halogenated alkanes) is 2. The SMILES string of the molecule is CCCCCN(CC(=O)Nc1cccc(S(=O)(=O)N2CCOCC2)c1)C(C)CCC. The Hall–Kier alpha value is -1.48. The van der Waals surface area contributed by atoms with Crippen LogP contribution in [0.1, 0.15) is 52.9 Å². The van der Waals surface area contributed by atoms with Gasteiger partial charge in [0.2, 0.25) is 15.9 Å². The van der Waals surface area contributed by atoms with Gasteiger partial charge < -0.3 is 10.1 Å². The number of nitrogens with zero attached hydrogens (tertiary/aromatic N) is 2. The van der Waals surface area contributed by atoms with Gasteiger partial charge >= 0.3 is 0 Å². The first-order chi connectivity index (χ1) is 14.4. The predicted octanol–water partition coefficient (Wildman–Crippen LogP) is 3.33. The first kappa shape index (κ1) is 24.8. The average Bonchev–Trinajstić information content (AvgIpc) is 2.74. The maximum atomic E-state index is 12.9. The van der Waals surface area contributed by atoms with E-state index in [1.807, 2.05) is 0 Å². The zero-order valence-electron chi connectivity index (χ0n) is 18.6. The molecule has 0 radical (unpaired) electrons. The van der Waals surface area contributed by atoms with Gasteiger partial charge in [-0.25, -0.2) is 8.42 Å². The number of hydrogen-bond acceptors (Lipinski definition) is 5. The van der Waals surface area contributed by atoms with Crippen LogP contribution in [0, 0.1) is 0 Å². The molecule has 7 nitrogen and oxygen atoms in total. The summed E-state index contributed by atoms with van der Waals surface area (Å²) in [7, 11) is -3.59. The maximum Gasteiger partial charge on any atom is 0.243 e. The van der Waals surface area contributed by atoms with E-state index in [0.717, 1.165) is 38.6 Å². The fourth-order valence-corrected chi connectivity index (χ4v) is 5.13. The van der Waals surface area contributed by atoms with E-state index < -0.39 is 10.0 Å². The van der Waals surface area contributed by atoms with Crippen LogP contribution in [0.3, 0.4) is 0 Å². The van der Waals surface area contributed by atoms with E-state index in [-0.39, 0.29) is 10.8 Å². The highest BCUT2D eigenvalue weighted by Gasteiger charge is 2.26. The molecule has 0 bridgehead atoms. The van der Waals surface area contributed by atoms with Gasteiger partial charge in [-0.1, -0.05) is 39.2 Å². The lowest BCUT2D eigenvalue weighted by Crippen LogP contribution is -2.40. The molecule has 0 saturated carbocycles. The molecule has 1 aliphatic heterocycles. The molecule has 2 rings (SSSR count). The van der Waals surface area contributed by atoms with Gasteiger partial charge in [0.1, 0.15) is 0 Å². The van der Waals surface area contributed by atoms with E-state index in [1.54, 1.807) is 24.3 Å². The number of sulfonamides is 1. The van der Waals surface area contributed by atoms with Crippen LogP contribution in [0.15, 0.2) is 29.2 Å². The zero-order chi connectivity index (χ0) is 22.0. The van der Waals surface area contributed by atoms with Crippen LogP contribution in [0.4, 0.5) is 5.69 Å². The van der Waals surface area contributed by atoms with Gasteiger partial charge in [-0.15, -0.1) is 0 Å². The molecule has 8 heteroatoms. The number of carbonyl (C=O) groups is 1. The third-order valence-corrected chi connectivity index (χ3v) is 7.35. The van der Waals surface area contributed by atoms with Crippen LogP contribution < -0.4 is 5.32 Å². The first-order valence-electron chi connectivity index (χ1n) is 11.1. The number of benzene rings is 1. The van der Waals surface area contributed by atoms with Crippen LogP contribution in [-0.4, -0.2) is 69.0 Å². The molecule has 1 heterocycles. The third-order valence-electron chi connectivity index (χ3n) is 5.45. The summed E-state index contributed by atoms with van der Waals surface area (Å²) in [4.78, 5) is 15.1. The quantitative estimate of drug-likeness (QED) is 0.506. The molecule has 0 aliphatic carbocycles. The van der Waals surface area contributed by atoms with Crippen LogP contribution in [0.5, 0.6) is 0 Å². The minimum atomic E-state index is -3.59. The number of amides is 1. The highest BCUT2D eigenvalue weighted by atomic mass is 32.2. The van der Waals surface area contributed by atoms with E-state index in [4.69, 9.17) is 4.74 Å². The highest BCUT2D eigenvalue weighted by molar-refractivity contribution is 7.89. The van der Waals surface area contributed by atoms with Crippen molar-refractivity contribution in [1.29, 1.82) is 0 Å². The van der Waals surface area contributed by atoms with E-state index in [0.29, 0.717) is 44.6 Å². The molecule has 1 aromatic carbocycles. The number of morpholine rings is 1. The Morgan fingerprint density at radius 3 is 2.60 bits per heavy atom. The summed E-state index contributed by atoms with van der Waals surface area (Å²) in [5, 5.41) is 2.89. The molecule has 1 amide bonds. The molecule has 1 aromatic rings. The molecule has 0 spiro atoms. The van der Waals surface area contributed by atoms with Crippen molar-refractivity contribution in [3.63, 3.8) is 0 Å². The lowest BCUT2D eigenvalue weighted by atomic mass is 10.1. The van der Waals surface area contributed by atoms with Crippen molar-refractivity contribution in [1.82, 2.24) is 9.21 Å². The van der Waals surface area contributed by atoms with Crippen molar-refractivity contribution < 1.29 is 17.9 Å². The van der Waals surface area contributed by atoms with E-state index in [1.165, 1.54) is 4.31 Å². The molecule has 1 atom stereocenters. The van der Waals surface area contributed by atoms with E-state index in [2.05, 4.69) is 31.0 Å². The minimum Gasteiger partial charge on any atom is -0.379 e. The second kappa shape index (κ2) is 12.4. The number of anilines is 1. The van der Waals surface area contributed by atoms with Crippen molar-refractivity contribution in [3.05, 3.63) is 24.3 Å². The molecular weight excluding hydrogens is 402 g/mol. The fraction of sp³-hybridized carbons (Fsp3) is 0.682. The molecule has 0 aromatic heterocycles. The number of rotatable bonds is 12. The summed E-state index contributed by atoms with van der Waals surface area (Å²) >= 11 is 0. The Balaban J connectivity index is 2.03. The first-order valence-corrected chi connectivity index (χ1v) is 12.5. The Labute approximate surface area is 181 Å². The summed E-state index contributed by atoms with van der Waals surface area (Å²) in [6.07, 6.45) is 5.50. The summed E-state index contributed by atoms with van der Waals surface area (Å²) in [6.45, 7) is 9.20. The minimum absolute atomic E-state index is 0.115. The highest BCUT2D eigenvalue weighted by Crippen LogP contribution is 2.21. The van der Waals surface area contributed by atoms with Crippen LogP contribution in [-0.2, 0) is 19.6 Å². The second-order valence-electron chi connectivity index (χ2n) is 7.91. The molecule has 1 unspecified atom stereocenters. The van der Waals surface area contributed by atoms with Crippen LogP contribution in [0.25, 0.3) is 0 Å². The second-order valence-corrected chi connectivity index (χ2v) is 9.85. The molecule has 1 saturated heterocycles. The molecular formula is C22H37N3O4S. The topological polar surface area (TPSA) is 79.0 Å². The lowest BCUT2D eigenvalue weighted by Gasteiger charge is -2.28. The van der Waals surface area contributed by atoms with Gasteiger partial charge in [0.05, 0.1) is 24.7 Å². The summed E-state index contributed by atoms with van der Waals surface area (Å²) in [5.74, 6) is -0.115. The fourth-order valence-electron chi connectivity index (χ4n) is 3.68. The lowest BCUT2D eigenvalue weighted by molar-refractivity contribution is -0.117. The van der Waals surface area contributed by atoms with Gasteiger partial charge in [0.15, 0.2) is 0 Å².